The van der Waals surface area contributed by atoms with Gasteiger partial charge in [0.05, 0.1) is 0 Å². The van der Waals surface area contributed by atoms with Crippen LogP contribution in [0, 0.1) is 0 Å². The summed E-state index contributed by atoms with van der Waals surface area (Å²) in [6.07, 6.45) is 0. The molecule has 0 N–H and O–H groups in total. The molecule has 0 aromatic heterocycles. The molecule has 0 bridgehead atoms. The van der Waals surface area contributed by atoms with Gasteiger partial charge in [-0.15, -0.1) is 15.6 Å². The lowest BCUT2D eigenvalue weighted by Crippen LogP contribution is -2.00. The zero-order valence-electron chi connectivity index (χ0n) is 8.91. The predicted octanol–water partition coefficient (Wildman–Crippen LogP) is 3.64. The third-order valence-electron chi connectivity index (χ3n) is 1.76. The Bertz CT molecular complexity index is 472. The molecule has 1 aromatic carbocycles. The third-order valence-corrected chi connectivity index (χ3v) is 3.85. The van der Waals surface area contributed by atoms with Gasteiger partial charge in [-0.1, -0.05) is 31.5 Å². The van der Waals surface area contributed by atoms with E-state index in [1.54, 1.807) is 18.2 Å². The summed E-state index contributed by atoms with van der Waals surface area (Å²) in [6.45, 7) is 3.94. The highest BCUT2D eigenvalue weighted by Crippen LogP contribution is 2.32. The van der Waals surface area contributed by atoms with E-state index in [1.165, 1.54) is 11.8 Å². The molecule has 0 saturated heterocycles. The highest BCUT2D eigenvalue weighted by molar-refractivity contribution is 8.00. The smallest absolute Gasteiger partial charge is 0.194 e. The standard InChI is InChI=1S/C10H12ClFO2S2/c1-7(2)15-10-5-3-4-9(11)8(10)6-16(12,13)14/h3-5,7H,6H2,1-2H3. The second-order valence-corrected chi connectivity index (χ2v) is 6.96. The zero-order valence-corrected chi connectivity index (χ0v) is 11.3. The van der Waals surface area contributed by atoms with Crippen molar-refractivity contribution >= 4 is 33.6 Å². The van der Waals surface area contributed by atoms with Crippen molar-refractivity contribution in [2.45, 2.75) is 29.7 Å². The molecule has 0 unspecified atom stereocenters. The van der Waals surface area contributed by atoms with E-state index >= 15 is 0 Å². The van der Waals surface area contributed by atoms with Crippen LogP contribution in [-0.2, 0) is 16.0 Å². The van der Waals surface area contributed by atoms with Gasteiger partial charge in [-0.25, -0.2) is 0 Å². The van der Waals surface area contributed by atoms with Crippen LogP contribution in [0.4, 0.5) is 3.89 Å². The summed E-state index contributed by atoms with van der Waals surface area (Å²) in [4.78, 5) is 0.712. The quantitative estimate of drug-likeness (QED) is 0.624. The Morgan fingerprint density at radius 2 is 2.06 bits per heavy atom. The number of thioether (sulfide) groups is 1. The van der Waals surface area contributed by atoms with Gasteiger partial charge < -0.3 is 0 Å². The van der Waals surface area contributed by atoms with Crippen molar-refractivity contribution in [1.29, 1.82) is 0 Å². The maximum atomic E-state index is 12.7. The van der Waals surface area contributed by atoms with Crippen LogP contribution in [0.25, 0.3) is 0 Å². The number of halogens is 2. The van der Waals surface area contributed by atoms with Gasteiger partial charge in [0, 0.05) is 20.7 Å². The molecule has 0 aliphatic rings. The van der Waals surface area contributed by atoms with Crippen LogP contribution in [0.15, 0.2) is 23.1 Å². The van der Waals surface area contributed by atoms with E-state index < -0.39 is 16.0 Å². The minimum Gasteiger partial charge on any atom is -0.194 e. The van der Waals surface area contributed by atoms with Crippen LogP contribution < -0.4 is 0 Å². The SMILES string of the molecule is CC(C)Sc1cccc(Cl)c1CS(=O)(=O)F. The average molecular weight is 283 g/mol. The molecule has 16 heavy (non-hydrogen) atoms. The second kappa shape index (κ2) is 5.38. The van der Waals surface area contributed by atoms with Gasteiger partial charge >= 0.3 is 10.2 Å². The van der Waals surface area contributed by atoms with Gasteiger partial charge in [0.15, 0.2) is 0 Å². The second-order valence-electron chi connectivity index (χ2n) is 3.57. The number of hydrogen-bond donors (Lipinski definition) is 0. The summed E-state index contributed by atoms with van der Waals surface area (Å²) < 4.78 is 34.0. The van der Waals surface area contributed by atoms with Crippen LogP contribution >= 0.6 is 23.4 Å². The zero-order chi connectivity index (χ0) is 12.3. The van der Waals surface area contributed by atoms with Gasteiger partial charge in [0.2, 0.25) is 0 Å². The van der Waals surface area contributed by atoms with Crippen molar-refractivity contribution in [3.63, 3.8) is 0 Å². The fraction of sp³-hybridized carbons (Fsp3) is 0.400. The Kier molecular flexibility index (Phi) is 4.64. The van der Waals surface area contributed by atoms with E-state index in [9.17, 15) is 12.3 Å². The number of hydrogen-bond acceptors (Lipinski definition) is 3. The fourth-order valence-electron chi connectivity index (χ4n) is 1.22. The van der Waals surface area contributed by atoms with E-state index in [2.05, 4.69) is 0 Å². The summed E-state index contributed by atoms with van der Waals surface area (Å²) >= 11 is 7.34. The molecular formula is C10H12ClFO2S2. The molecule has 0 saturated carbocycles. The number of rotatable bonds is 4. The van der Waals surface area contributed by atoms with Crippen molar-refractivity contribution in [3.05, 3.63) is 28.8 Å². The van der Waals surface area contributed by atoms with Gasteiger partial charge in [-0.05, 0) is 12.1 Å². The first-order valence-corrected chi connectivity index (χ1v) is 7.47. The fourth-order valence-corrected chi connectivity index (χ4v) is 3.33. The minimum atomic E-state index is -4.56. The van der Waals surface area contributed by atoms with E-state index in [0.717, 1.165) is 0 Å². The van der Waals surface area contributed by atoms with E-state index in [4.69, 9.17) is 11.6 Å². The predicted molar refractivity (Wildman–Crippen MR) is 66.2 cm³/mol. The first kappa shape index (κ1) is 13.8. The van der Waals surface area contributed by atoms with Crippen LogP contribution in [0.1, 0.15) is 19.4 Å². The van der Waals surface area contributed by atoms with Crippen molar-refractivity contribution in [2.24, 2.45) is 0 Å². The van der Waals surface area contributed by atoms with Gasteiger partial charge in [0.1, 0.15) is 5.75 Å². The summed E-state index contributed by atoms with van der Waals surface area (Å²) in [5.41, 5.74) is 0.338. The van der Waals surface area contributed by atoms with Crippen molar-refractivity contribution in [2.75, 3.05) is 0 Å². The maximum Gasteiger partial charge on any atom is 0.306 e. The summed E-state index contributed by atoms with van der Waals surface area (Å²) in [6, 6.07) is 5.03. The molecule has 0 fully saturated rings. The molecule has 0 aliphatic carbocycles. The lowest BCUT2D eigenvalue weighted by molar-refractivity contribution is 0.550. The van der Waals surface area contributed by atoms with Crippen LogP contribution in [0.5, 0.6) is 0 Å². The topological polar surface area (TPSA) is 34.1 Å². The van der Waals surface area contributed by atoms with E-state index in [1.807, 2.05) is 13.8 Å². The third kappa shape index (κ3) is 4.31. The summed E-state index contributed by atoms with van der Waals surface area (Å²) in [5, 5.41) is 0.561. The lowest BCUT2D eigenvalue weighted by Gasteiger charge is -2.11. The monoisotopic (exact) mass is 282 g/mol. The first-order valence-electron chi connectivity index (χ1n) is 4.66. The molecule has 0 heterocycles. The molecule has 0 radical (unpaired) electrons. The van der Waals surface area contributed by atoms with Crippen LogP contribution in [0.2, 0.25) is 5.02 Å². The van der Waals surface area contributed by atoms with Crippen LogP contribution in [0.3, 0.4) is 0 Å². The maximum absolute atomic E-state index is 12.7. The highest BCUT2D eigenvalue weighted by Gasteiger charge is 2.16. The van der Waals surface area contributed by atoms with Crippen molar-refractivity contribution in [3.8, 4) is 0 Å². The molecule has 0 amide bonds. The number of benzene rings is 1. The van der Waals surface area contributed by atoms with Gasteiger partial charge in [-0.3, -0.25) is 0 Å². The first-order chi connectivity index (χ1) is 7.29. The molecule has 1 rings (SSSR count). The molecule has 2 nitrogen and oxygen atoms in total. The molecular weight excluding hydrogens is 271 g/mol. The van der Waals surface area contributed by atoms with Crippen molar-refractivity contribution < 1.29 is 12.3 Å². The largest absolute Gasteiger partial charge is 0.306 e. The molecule has 0 atom stereocenters. The minimum absolute atomic E-state index is 0.277. The molecule has 0 aliphatic heterocycles. The Balaban J connectivity index is 3.13. The molecule has 0 spiro atoms. The Labute approximate surface area is 104 Å². The van der Waals surface area contributed by atoms with Gasteiger partial charge in [-0.2, -0.15) is 8.42 Å². The van der Waals surface area contributed by atoms with E-state index in [-0.39, 0.29) is 10.3 Å². The van der Waals surface area contributed by atoms with E-state index in [0.29, 0.717) is 10.5 Å². The Morgan fingerprint density at radius 1 is 1.44 bits per heavy atom. The lowest BCUT2D eigenvalue weighted by atomic mass is 10.2. The Hall–Kier alpha value is -0.260. The normalized spacial score (nSPS) is 12.1. The molecule has 90 valence electrons. The van der Waals surface area contributed by atoms with Crippen molar-refractivity contribution in [1.82, 2.24) is 0 Å². The van der Waals surface area contributed by atoms with Gasteiger partial charge in [0.25, 0.3) is 0 Å². The summed E-state index contributed by atoms with van der Waals surface area (Å²) in [5.74, 6) is -0.665. The molecule has 1 aromatic rings. The van der Waals surface area contributed by atoms with Crippen LogP contribution in [-0.4, -0.2) is 13.7 Å². The average Bonchev–Trinajstić information content (AvgIpc) is 2.08. The Morgan fingerprint density at radius 3 is 2.56 bits per heavy atom. The highest BCUT2D eigenvalue weighted by atomic mass is 35.5. The molecule has 6 heteroatoms. The summed E-state index contributed by atoms with van der Waals surface area (Å²) in [7, 11) is -4.56.